The first-order chi connectivity index (χ1) is 12.5. The van der Waals surface area contributed by atoms with Crippen molar-refractivity contribution in [3.63, 3.8) is 0 Å². The maximum Gasteiger partial charge on any atom is 0.435 e. The molecule has 0 aliphatic rings. The third kappa shape index (κ3) is 3.94. The number of alkyl halides is 3. The molecule has 8 heteroatoms. The van der Waals surface area contributed by atoms with Gasteiger partial charge in [0.2, 0.25) is 0 Å². The second kappa shape index (κ2) is 6.37. The van der Waals surface area contributed by atoms with E-state index in [0.717, 1.165) is 6.07 Å². The molecule has 27 heavy (non-hydrogen) atoms. The summed E-state index contributed by atoms with van der Waals surface area (Å²) in [6.07, 6.45) is -3.04. The van der Waals surface area contributed by atoms with Crippen molar-refractivity contribution in [3.05, 3.63) is 53.5 Å². The lowest BCUT2D eigenvalue weighted by Gasteiger charge is -2.20. The number of nitrogens with zero attached hydrogens (tertiary/aromatic N) is 3. The van der Waals surface area contributed by atoms with Crippen LogP contribution in [0.5, 0.6) is 0 Å². The second-order valence-electron chi connectivity index (χ2n) is 7.14. The van der Waals surface area contributed by atoms with Crippen molar-refractivity contribution in [1.29, 1.82) is 0 Å². The Kier molecular flexibility index (Phi) is 4.45. The molecular weight excluding hydrogens is 359 g/mol. The molecule has 0 aliphatic carbocycles. The fourth-order valence-electron chi connectivity index (χ4n) is 2.65. The van der Waals surface area contributed by atoms with Crippen LogP contribution >= 0.6 is 0 Å². The van der Waals surface area contributed by atoms with Crippen molar-refractivity contribution in [2.75, 3.05) is 0 Å². The van der Waals surface area contributed by atoms with E-state index in [2.05, 4.69) is 10.1 Å². The predicted molar refractivity (Wildman–Crippen MR) is 93.8 cm³/mol. The molecule has 0 atom stereocenters. The van der Waals surface area contributed by atoms with Crippen molar-refractivity contribution in [2.24, 2.45) is 0 Å². The zero-order chi connectivity index (χ0) is 20.0. The molecule has 0 aliphatic heterocycles. The summed E-state index contributed by atoms with van der Waals surface area (Å²) in [6.45, 7) is 6.80. The average Bonchev–Trinajstić information content (AvgIpc) is 2.94. The highest BCUT2D eigenvalue weighted by molar-refractivity contribution is 6.03. The second-order valence-corrected chi connectivity index (χ2v) is 7.14. The minimum Gasteiger partial charge on any atom is -0.456 e. The van der Waals surface area contributed by atoms with Gasteiger partial charge in [-0.15, -0.1) is 0 Å². The first-order valence-corrected chi connectivity index (χ1v) is 8.22. The van der Waals surface area contributed by atoms with E-state index in [-0.39, 0.29) is 5.56 Å². The van der Waals surface area contributed by atoms with Crippen molar-refractivity contribution in [1.82, 2.24) is 14.8 Å². The van der Waals surface area contributed by atoms with Gasteiger partial charge in [0.1, 0.15) is 5.60 Å². The summed E-state index contributed by atoms with van der Waals surface area (Å²) in [5.41, 5.74) is -0.110. The summed E-state index contributed by atoms with van der Waals surface area (Å²) in [7, 11) is 0. The SMILES string of the molecule is Cc1cc(C(F)(F)F)nn1-c1ccc2nccc(C(=O)OC(C)(C)C)c2c1. The zero-order valence-electron chi connectivity index (χ0n) is 15.3. The van der Waals surface area contributed by atoms with Gasteiger partial charge in [-0.05, 0) is 58.0 Å². The highest BCUT2D eigenvalue weighted by Crippen LogP contribution is 2.30. The maximum absolute atomic E-state index is 12.9. The molecule has 0 saturated heterocycles. The number of pyridine rings is 1. The first-order valence-electron chi connectivity index (χ1n) is 8.22. The van der Waals surface area contributed by atoms with Crippen LogP contribution in [0.4, 0.5) is 13.2 Å². The molecular formula is C19H18F3N3O2. The Balaban J connectivity index is 2.11. The van der Waals surface area contributed by atoms with Crippen LogP contribution in [0, 0.1) is 6.92 Å². The summed E-state index contributed by atoms with van der Waals surface area (Å²) in [6, 6.07) is 7.32. The fourth-order valence-corrected chi connectivity index (χ4v) is 2.65. The molecule has 0 bridgehead atoms. The van der Waals surface area contributed by atoms with Crippen LogP contribution in [0.25, 0.3) is 16.6 Å². The van der Waals surface area contributed by atoms with Gasteiger partial charge in [0.25, 0.3) is 0 Å². The zero-order valence-corrected chi connectivity index (χ0v) is 15.3. The van der Waals surface area contributed by atoms with E-state index in [1.165, 1.54) is 23.9 Å². The van der Waals surface area contributed by atoms with E-state index in [4.69, 9.17) is 4.74 Å². The Morgan fingerprint density at radius 2 is 1.81 bits per heavy atom. The van der Waals surface area contributed by atoms with Gasteiger partial charge >= 0.3 is 12.1 Å². The third-order valence-corrected chi connectivity index (χ3v) is 3.77. The lowest BCUT2D eigenvalue weighted by molar-refractivity contribution is -0.141. The number of benzene rings is 1. The monoisotopic (exact) mass is 377 g/mol. The number of fused-ring (bicyclic) bond motifs is 1. The molecule has 0 unspecified atom stereocenters. The predicted octanol–water partition coefficient (Wildman–Crippen LogP) is 4.70. The number of halogens is 3. The molecule has 1 aromatic carbocycles. The molecule has 2 heterocycles. The van der Waals surface area contributed by atoms with E-state index in [9.17, 15) is 18.0 Å². The Morgan fingerprint density at radius 3 is 2.41 bits per heavy atom. The standard InChI is InChI=1S/C19H18F3N3O2/c1-11-9-16(19(20,21)22)24-25(11)12-5-6-15-14(10-12)13(7-8-23-15)17(26)27-18(2,3)4/h5-10H,1-4H3. The molecule has 0 amide bonds. The Bertz CT molecular complexity index is 1020. The minimum absolute atomic E-state index is 0.289. The van der Waals surface area contributed by atoms with Crippen LogP contribution in [0.3, 0.4) is 0 Å². The average molecular weight is 377 g/mol. The highest BCUT2D eigenvalue weighted by Gasteiger charge is 2.34. The van der Waals surface area contributed by atoms with Gasteiger partial charge in [-0.2, -0.15) is 18.3 Å². The number of esters is 1. The van der Waals surface area contributed by atoms with E-state index in [1.807, 2.05) is 0 Å². The Morgan fingerprint density at radius 1 is 1.11 bits per heavy atom. The van der Waals surface area contributed by atoms with Gasteiger partial charge in [0, 0.05) is 17.3 Å². The third-order valence-electron chi connectivity index (χ3n) is 3.77. The summed E-state index contributed by atoms with van der Waals surface area (Å²) in [4.78, 5) is 16.7. The van der Waals surface area contributed by atoms with Gasteiger partial charge in [-0.1, -0.05) is 0 Å². The normalized spacial score (nSPS) is 12.4. The lowest BCUT2D eigenvalue weighted by atomic mass is 10.1. The molecule has 3 aromatic rings. The van der Waals surface area contributed by atoms with Crippen LogP contribution in [0.2, 0.25) is 0 Å². The van der Waals surface area contributed by atoms with Crippen molar-refractivity contribution < 1.29 is 22.7 Å². The highest BCUT2D eigenvalue weighted by atomic mass is 19.4. The van der Waals surface area contributed by atoms with E-state index < -0.39 is 23.4 Å². The van der Waals surface area contributed by atoms with Crippen LogP contribution in [-0.2, 0) is 10.9 Å². The van der Waals surface area contributed by atoms with Gasteiger partial charge in [-0.3, -0.25) is 4.98 Å². The van der Waals surface area contributed by atoms with E-state index in [1.54, 1.807) is 39.0 Å². The molecule has 2 aromatic heterocycles. The Hall–Kier alpha value is -2.90. The van der Waals surface area contributed by atoms with Crippen molar-refractivity contribution in [3.8, 4) is 5.69 Å². The minimum atomic E-state index is -4.53. The van der Waals surface area contributed by atoms with Gasteiger partial charge < -0.3 is 4.74 Å². The molecule has 0 radical (unpaired) electrons. The quantitative estimate of drug-likeness (QED) is 0.607. The number of rotatable bonds is 2. The topological polar surface area (TPSA) is 57.0 Å². The van der Waals surface area contributed by atoms with Gasteiger partial charge in [-0.25, -0.2) is 9.48 Å². The van der Waals surface area contributed by atoms with Crippen LogP contribution < -0.4 is 0 Å². The van der Waals surface area contributed by atoms with Crippen LogP contribution in [0.15, 0.2) is 36.5 Å². The van der Waals surface area contributed by atoms with Crippen LogP contribution in [-0.4, -0.2) is 26.3 Å². The molecule has 0 spiro atoms. The van der Waals surface area contributed by atoms with E-state index in [0.29, 0.717) is 22.3 Å². The summed E-state index contributed by atoms with van der Waals surface area (Å²) >= 11 is 0. The number of carbonyl (C=O) groups is 1. The van der Waals surface area contributed by atoms with Gasteiger partial charge in [0.15, 0.2) is 5.69 Å². The van der Waals surface area contributed by atoms with E-state index >= 15 is 0 Å². The number of hydrogen-bond donors (Lipinski definition) is 0. The number of carbonyl (C=O) groups excluding carboxylic acids is 1. The van der Waals surface area contributed by atoms with Crippen molar-refractivity contribution in [2.45, 2.75) is 39.5 Å². The molecule has 3 rings (SSSR count). The summed E-state index contributed by atoms with van der Waals surface area (Å²) < 4.78 is 45.4. The number of ether oxygens (including phenoxy) is 1. The molecule has 5 nitrogen and oxygen atoms in total. The molecule has 142 valence electrons. The summed E-state index contributed by atoms with van der Waals surface area (Å²) in [5, 5.41) is 4.13. The maximum atomic E-state index is 12.9. The Labute approximate surface area is 153 Å². The number of hydrogen-bond acceptors (Lipinski definition) is 4. The number of aromatic nitrogens is 3. The van der Waals surface area contributed by atoms with Gasteiger partial charge in [0.05, 0.1) is 16.8 Å². The smallest absolute Gasteiger partial charge is 0.435 e. The molecule has 0 fully saturated rings. The molecule has 0 N–H and O–H groups in total. The fraction of sp³-hybridized carbons (Fsp3) is 0.316. The van der Waals surface area contributed by atoms with Crippen molar-refractivity contribution >= 4 is 16.9 Å². The van der Waals surface area contributed by atoms with Crippen LogP contribution in [0.1, 0.15) is 42.5 Å². The lowest BCUT2D eigenvalue weighted by Crippen LogP contribution is -2.24. The largest absolute Gasteiger partial charge is 0.456 e. The first kappa shape index (κ1) is 18.9. The summed E-state index contributed by atoms with van der Waals surface area (Å²) in [5.74, 6) is -0.528. The molecule has 0 saturated carbocycles. The number of aryl methyl sites for hydroxylation is 1.